The minimum absolute atomic E-state index is 0. The molecule has 8 nitrogen and oxygen atoms in total. The van der Waals surface area contributed by atoms with Gasteiger partial charge in [-0.25, -0.2) is 8.42 Å². The van der Waals surface area contributed by atoms with Crippen LogP contribution in [0, 0.1) is 6.92 Å². The number of ether oxygens (including phenoxy) is 2. The first kappa shape index (κ1) is 25.3. The van der Waals surface area contributed by atoms with E-state index in [0.717, 1.165) is 17.0 Å². The van der Waals surface area contributed by atoms with Gasteiger partial charge < -0.3 is 31.7 Å². The Balaban J connectivity index is 0.00000306. The van der Waals surface area contributed by atoms with Gasteiger partial charge in [0, 0.05) is 44.8 Å². The average molecular weight is 495 g/mol. The highest BCUT2D eigenvalue weighted by Crippen LogP contribution is 2.29. The SMILES string of the molecule is COc1ccccc1N1CCN(C(=O)c2cc(S(=O)(=O)N3CCOCC3)ccc2C)CC1.[Cl-]. The lowest BCUT2D eigenvalue weighted by Crippen LogP contribution is -3.00. The summed E-state index contributed by atoms with van der Waals surface area (Å²) in [6, 6.07) is 12.7. The average Bonchev–Trinajstić information content (AvgIpc) is 2.84. The number of sulfonamides is 1. The van der Waals surface area contributed by atoms with Gasteiger partial charge >= 0.3 is 0 Å². The van der Waals surface area contributed by atoms with E-state index in [1.165, 1.54) is 10.4 Å². The smallest absolute Gasteiger partial charge is 0.254 e. The second-order valence-corrected chi connectivity index (χ2v) is 9.88. The van der Waals surface area contributed by atoms with E-state index in [9.17, 15) is 13.2 Å². The molecule has 4 rings (SSSR count). The quantitative estimate of drug-likeness (QED) is 0.530. The van der Waals surface area contributed by atoms with E-state index in [1.54, 1.807) is 24.1 Å². The molecule has 10 heteroatoms. The van der Waals surface area contributed by atoms with Gasteiger partial charge in [-0.1, -0.05) is 18.2 Å². The minimum Gasteiger partial charge on any atom is -1.00 e. The first-order chi connectivity index (χ1) is 15.4. The summed E-state index contributed by atoms with van der Waals surface area (Å²) in [5.41, 5.74) is 2.21. The Morgan fingerprint density at radius 1 is 0.970 bits per heavy atom. The van der Waals surface area contributed by atoms with Crippen molar-refractivity contribution in [3.8, 4) is 5.75 Å². The molecule has 2 fully saturated rings. The molecule has 0 radical (unpaired) electrons. The number of hydrogen-bond donors (Lipinski definition) is 0. The van der Waals surface area contributed by atoms with Crippen LogP contribution in [0.15, 0.2) is 47.4 Å². The molecule has 2 saturated heterocycles. The Morgan fingerprint density at radius 3 is 2.30 bits per heavy atom. The summed E-state index contributed by atoms with van der Waals surface area (Å²) in [5.74, 6) is 0.672. The van der Waals surface area contributed by atoms with Crippen LogP contribution in [0.5, 0.6) is 5.75 Å². The molecule has 180 valence electrons. The Labute approximate surface area is 201 Å². The van der Waals surface area contributed by atoms with Gasteiger partial charge in [0.25, 0.3) is 5.91 Å². The van der Waals surface area contributed by atoms with Crippen molar-refractivity contribution >= 4 is 21.6 Å². The van der Waals surface area contributed by atoms with E-state index in [-0.39, 0.29) is 23.2 Å². The lowest BCUT2D eigenvalue weighted by molar-refractivity contribution is -0.0000197. The highest BCUT2D eigenvalue weighted by atomic mass is 35.5. The molecule has 2 heterocycles. The normalized spacial score (nSPS) is 17.4. The number of rotatable bonds is 5. The summed E-state index contributed by atoms with van der Waals surface area (Å²) in [4.78, 5) is 17.4. The zero-order valence-corrected chi connectivity index (χ0v) is 20.4. The van der Waals surface area contributed by atoms with Crippen molar-refractivity contribution in [2.75, 3.05) is 64.5 Å². The molecule has 0 unspecified atom stereocenters. The number of hydrogen-bond acceptors (Lipinski definition) is 6. The second kappa shape index (κ2) is 10.7. The predicted molar refractivity (Wildman–Crippen MR) is 122 cm³/mol. The number of amides is 1. The van der Waals surface area contributed by atoms with E-state index in [0.29, 0.717) is 58.0 Å². The largest absolute Gasteiger partial charge is 1.00 e. The molecule has 1 amide bonds. The van der Waals surface area contributed by atoms with E-state index < -0.39 is 10.0 Å². The predicted octanol–water partition coefficient (Wildman–Crippen LogP) is -1.01. The molecule has 2 aliphatic heterocycles. The van der Waals surface area contributed by atoms with Crippen LogP contribution in [0.1, 0.15) is 15.9 Å². The fraction of sp³-hybridized carbons (Fsp3) is 0.435. The lowest BCUT2D eigenvalue weighted by atomic mass is 10.1. The van der Waals surface area contributed by atoms with E-state index in [2.05, 4.69) is 4.90 Å². The molecule has 0 saturated carbocycles. The van der Waals surface area contributed by atoms with E-state index in [4.69, 9.17) is 9.47 Å². The topological polar surface area (TPSA) is 79.4 Å². The van der Waals surface area contributed by atoms with Crippen molar-refractivity contribution in [1.29, 1.82) is 0 Å². The molecule has 33 heavy (non-hydrogen) atoms. The molecular formula is C23H29ClN3O5S-. The van der Waals surface area contributed by atoms with E-state index in [1.807, 2.05) is 31.2 Å². The zero-order valence-electron chi connectivity index (χ0n) is 18.9. The molecule has 0 aromatic heterocycles. The van der Waals surface area contributed by atoms with Crippen molar-refractivity contribution in [3.05, 3.63) is 53.6 Å². The summed E-state index contributed by atoms with van der Waals surface area (Å²) >= 11 is 0. The Hall–Kier alpha value is -2.33. The van der Waals surface area contributed by atoms with Crippen LogP contribution in [0.25, 0.3) is 0 Å². The number of methoxy groups -OCH3 is 1. The van der Waals surface area contributed by atoms with Crippen LogP contribution < -0.4 is 22.0 Å². The van der Waals surface area contributed by atoms with Crippen molar-refractivity contribution < 1.29 is 35.1 Å². The number of morpholine rings is 1. The number of benzene rings is 2. The number of halogens is 1. The first-order valence-corrected chi connectivity index (χ1v) is 12.2. The third-order valence-electron chi connectivity index (χ3n) is 6.04. The Kier molecular flexibility index (Phi) is 8.23. The maximum Gasteiger partial charge on any atom is 0.254 e. The molecule has 2 aromatic carbocycles. The van der Waals surface area contributed by atoms with Crippen molar-refractivity contribution in [3.63, 3.8) is 0 Å². The minimum atomic E-state index is -3.66. The summed E-state index contributed by atoms with van der Waals surface area (Å²) in [7, 11) is -2.01. The summed E-state index contributed by atoms with van der Waals surface area (Å²) in [6.45, 7) is 5.71. The van der Waals surface area contributed by atoms with Gasteiger partial charge in [-0.3, -0.25) is 4.79 Å². The Bertz CT molecular complexity index is 1080. The summed E-state index contributed by atoms with van der Waals surface area (Å²) < 4.78 is 38.2. The summed E-state index contributed by atoms with van der Waals surface area (Å²) in [5, 5.41) is 0. The number of aryl methyl sites for hydroxylation is 1. The first-order valence-electron chi connectivity index (χ1n) is 10.8. The zero-order chi connectivity index (χ0) is 22.7. The molecule has 2 aliphatic rings. The third-order valence-corrected chi connectivity index (χ3v) is 7.93. The van der Waals surface area contributed by atoms with Crippen LogP contribution >= 0.6 is 0 Å². The fourth-order valence-electron chi connectivity index (χ4n) is 4.14. The van der Waals surface area contributed by atoms with Crippen LogP contribution in [-0.2, 0) is 14.8 Å². The van der Waals surface area contributed by atoms with Gasteiger partial charge in [-0.05, 0) is 36.8 Å². The van der Waals surface area contributed by atoms with Gasteiger partial charge in [0.1, 0.15) is 5.75 Å². The van der Waals surface area contributed by atoms with Crippen LogP contribution in [0.4, 0.5) is 5.69 Å². The summed E-state index contributed by atoms with van der Waals surface area (Å²) in [6.07, 6.45) is 0. The fourth-order valence-corrected chi connectivity index (χ4v) is 5.57. The number of para-hydroxylation sites is 2. The Morgan fingerprint density at radius 2 is 1.64 bits per heavy atom. The van der Waals surface area contributed by atoms with E-state index >= 15 is 0 Å². The van der Waals surface area contributed by atoms with Gasteiger partial charge in [0.05, 0.1) is 30.9 Å². The maximum absolute atomic E-state index is 13.3. The number of carbonyl (C=O) groups is 1. The lowest BCUT2D eigenvalue weighted by Gasteiger charge is -2.37. The molecule has 0 N–H and O–H groups in total. The van der Waals surface area contributed by atoms with Crippen molar-refractivity contribution in [2.24, 2.45) is 0 Å². The van der Waals surface area contributed by atoms with Gasteiger partial charge in [-0.2, -0.15) is 4.31 Å². The molecule has 0 bridgehead atoms. The second-order valence-electron chi connectivity index (χ2n) is 7.94. The number of carbonyl (C=O) groups excluding carboxylic acids is 1. The van der Waals surface area contributed by atoms with Crippen molar-refractivity contribution in [1.82, 2.24) is 9.21 Å². The van der Waals surface area contributed by atoms with Crippen molar-refractivity contribution in [2.45, 2.75) is 11.8 Å². The molecule has 2 aromatic rings. The molecule has 0 atom stereocenters. The van der Waals surface area contributed by atoms with Crippen LogP contribution in [0.2, 0.25) is 0 Å². The third kappa shape index (κ3) is 5.27. The number of piperazine rings is 1. The van der Waals surface area contributed by atoms with Gasteiger partial charge in [0.15, 0.2) is 0 Å². The standard InChI is InChI=1S/C23H29N3O5S.ClH/c1-18-7-8-19(32(28,29)26-13-15-31-16-14-26)17-20(18)23(27)25-11-9-24(10-12-25)21-5-3-4-6-22(21)30-2;/h3-8,17H,9-16H2,1-2H3;1H/p-1. The molecule has 0 spiro atoms. The monoisotopic (exact) mass is 494 g/mol. The van der Waals surface area contributed by atoms with Crippen LogP contribution in [0.3, 0.4) is 0 Å². The highest BCUT2D eigenvalue weighted by Gasteiger charge is 2.29. The van der Waals surface area contributed by atoms with Gasteiger partial charge in [0.2, 0.25) is 10.0 Å². The molecule has 0 aliphatic carbocycles. The number of anilines is 1. The molecular weight excluding hydrogens is 466 g/mol. The maximum atomic E-state index is 13.3. The van der Waals surface area contributed by atoms with Crippen LogP contribution in [-0.4, -0.2) is 83.1 Å². The van der Waals surface area contributed by atoms with Gasteiger partial charge in [-0.15, -0.1) is 0 Å². The number of nitrogens with zero attached hydrogens (tertiary/aromatic N) is 3. The highest BCUT2D eigenvalue weighted by molar-refractivity contribution is 7.89.